The summed E-state index contributed by atoms with van der Waals surface area (Å²) in [6, 6.07) is 15.3. The number of allylic oxidation sites excluding steroid dienone is 2. The molecule has 0 spiro atoms. The van der Waals surface area contributed by atoms with Gasteiger partial charge in [-0.3, -0.25) is 4.99 Å². The lowest BCUT2D eigenvalue weighted by Gasteiger charge is -2.06. The van der Waals surface area contributed by atoms with Crippen molar-refractivity contribution < 1.29 is 0 Å². The summed E-state index contributed by atoms with van der Waals surface area (Å²) in [6.07, 6.45) is 10.1. The Morgan fingerprint density at radius 3 is 2.04 bits per heavy atom. The van der Waals surface area contributed by atoms with E-state index < -0.39 is 0 Å². The number of hydrogen-bond donors (Lipinski definition) is 2. The van der Waals surface area contributed by atoms with Crippen LogP contribution in [0, 0.1) is 0 Å². The maximum absolute atomic E-state index is 5.95. The third kappa shape index (κ3) is 6.87. The topological polar surface area (TPSA) is 48.8 Å². The van der Waals surface area contributed by atoms with Crippen LogP contribution in [0.1, 0.15) is 24.0 Å². The van der Waals surface area contributed by atoms with Crippen molar-refractivity contribution in [2.75, 3.05) is 13.1 Å². The number of nitrogens with one attached hydrogen (secondary N) is 2. The zero-order valence-corrected chi connectivity index (χ0v) is 16.9. The van der Waals surface area contributed by atoms with Crippen molar-refractivity contribution in [1.29, 1.82) is 0 Å². The average molecular weight is 413 g/mol. The highest BCUT2D eigenvalue weighted by Gasteiger charge is 2.01. The zero-order valence-electron chi connectivity index (χ0n) is 15.4. The molecule has 144 valence electrons. The molecule has 0 amide bonds. The van der Waals surface area contributed by atoms with Gasteiger partial charge in [-0.05, 0) is 60.4 Å². The Kier molecular flexibility index (Phi) is 7.71. The molecule has 2 N–H and O–H groups in total. The molecule has 0 unspecified atom stereocenters. The lowest BCUT2D eigenvalue weighted by atomic mass is 10.1. The predicted molar refractivity (Wildman–Crippen MR) is 121 cm³/mol. The van der Waals surface area contributed by atoms with Crippen molar-refractivity contribution in [2.24, 2.45) is 10.1 Å². The van der Waals surface area contributed by atoms with Gasteiger partial charge in [0.05, 0.1) is 5.71 Å². The van der Waals surface area contributed by atoms with E-state index in [2.05, 4.69) is 20.8 Å². The molecule has 0 bridgehead atoms. The van der Waals surface area contributed by atoms with Crippen molar-refractivity contribution in [2.45, 2.75) is 12.8 Å². The van der Waals surface area contributed by atoms with Gasteiger partial charge in [0.25, 0.3) is 0 Å². The van der Waals surface area contributed by atoms with Crippen LogP contribution in [0.5, 0.6) is 0 Å². The Labute approximate surface area is 175 Å². The Morgan fingerprint density at radius 1 is 0.893 bits per heavy atom. The van der Waals surface area contributed by atoms with Gasteiger partial charge < -0.3 is 5.32 Å². The van der Waals surface area contributed by atoms with Gasteiger partial charge in [-0.1, -0.05) is 59.6 Å². The first-order valence-electron chi connectivity index (χ1n) is 9.18. The Morgan fingerprint density at radius 2 is 1.46 bits per heavy atom. The molecule has 2 aromatic rings. The predicted octanol–water partition coefficient (Wildman–Crippen LogP) is 5.41. The summed E-state index contributed by atoms with van der Waals surface area (Å²) in [6.45, 7) is 1.71. The molecule has 6 heteroatoms. The summed E-state index contributed by atoms with van der Waals surface area (Å²) < 4.78 is 0. The van der Waals surface area contributed by atoms with Crippen molar-refractivity contribution in [3.63, 3.8) is 0 Å². The lowest BCUT2D eigenvalue weighted by molar-refractivity contribution is 0.745. The summed E-state index contributed by atoms with van der Waals surface area (Å²) in [5.41, 5.74) is 5.88. The second-order valence-corrected chi connectivity index (χ2v) is 7.16. The number of hydrazone groups is 1. The van der Waals surface area contributed by atoms with E-state index >= 15 is 0 Å². The highest BCUT2D eigenvalue weighted by atomic mass is 35.5. The second kappa shape index (κ2) is 10.7. The van der Waals surface area contributed by atoms with E-state index in [-0.39, 0.29) is 0 Å². The van der Waals surface area contributed by atoms with Gasteiger partial charge in [0.2, 0.25) is 5.96 Å². The summed E-state index contributed by atoms with van der Waals surface area (Å²) >= 11 is 11.9. The van der Waals surface area contributed by atoms with Crippen LogP contribution in [-0.4, -0.2) is 24.8 Å². The molecule has 0 atom stereocenters. The largest absolute Gasteiger partial charge is 0.355 e. The quantitative estimate of drug-likeness (QED) is 0.509. The average Bonchev–Trinajstić information content (AvgIpc) is 2.99. The Bertz CT molecular complexity index is 824. The van der Waals surface area contributed by atoms with Crippen molar-refractivity contribution >= 4 is 47.0 Å². The summed E-state index contributed by atoms with van der Waals surface area (Å²) in [7, 11) is 0. The van der Waals surface area contributed by atoms with Gasteiger partial charge in [0, 0.05) is 23.1 Å². The molecule has 0 fully saturated rings. The van der Waals surface area contributed by atoms with E-state index in [0.717, 1.165) is 42.8 Å². The molecule has 2 aromatic carbocycles. The number of aliphatic imine (C=N–C) groups is 1. The molecule has 0 saturated heterocycles. The smallest absolute Gasteiger partial charge is 0.212 e. The highest BCUT2D eigenvalue weighted by molar-refractivity contribution is 6.30. The van der Waals surface area contributed by atoms with Crippen LogP contribution in [0.15, 0.2) is 70.8 Å². The van der Waals surface area contributed by atoms with Gasteiger partial charge in [-0.2, -0.15) is 5.10 Å². The minimum atomic E-state index is 0.704. The van der Waals surface area contributed by atoms with Gasteiger partial charge in [0.1, 0.15) is 0 Å². The third-order valence-electron chi connectivity index (χ3n) is 4.07. The maximum Gasteiger partial charge on any atom is 0.212 e. The van der Waals surface area contributed by atoms with Crippen LogP contribution in [0.25, 0.3) is 12.2 Å². The number of benzene rings is 2. The number of halogens is 2. The van der Waals surface area contributed by atoms with Crippen molar-refractivity contribution in [1.82, 2.24) is 10.7 Å². The van der Waals surface area contributed by atoms with Crippen molar-refractivity contribution in [3.05, 3.63) is 81.9 Å². The van der Waals surface area contributed by atoms with E-state index in [0.29, 0.717) is 16.0 Å². The first-order valence-corrected chi connectivity index (χ1v) is 9.94. The van der Waals surface area contributed by atoms with Gasteiger partial charge >= 0.3 is 0 Å². The molecule has 28 heavy (non-hydrogen) atoms. The molecule has 1 aliphatic rings. The minimum absolute atomic E-state index is 0.704. The van der Waals surface area contributed by atoms with E-state index in [4.69, 9.17) is 23.2 Å². The standard InChI is InChI=1S/C22H22Cl2N4/c23-19-9-3-17(4-10-19)7-13-21(14-8-18-5-11-20(24)12-6-18)27-28-22-25-15-1-2-16-26-22/h3-14H,1-2,15-16H2,(H2,25,26,28)/b13-7+,14-8+. The van der Waals surface area contributed by atoms with Crippen molar-refractivity contribution in [3.8, 4) is 0 Å². The van der Waals surface area contributed by atoms with Crippen LogP contribution < -0.4 is 10.7 Å². The summed E-state index contributed by atoms with van der Waals surface area (Å²) in [5, 5.41) is 9.18. The lowest BCUT2D eigenvalue weighted by Crippen LogP contribution is -2.34. The second-order valence-electron chi connectivity index (χ2n) is 6.28. The third-order valence-corrected chi connectivity index (χ3v) is 4.58. The monoisotopic (exact) mass is 412 g/mol. The van der Waals surface area contributed by atoms with Crippen LogP contribution in [0.4, 0.5) is 0 Å². The Balaban J connectivity index is 1.77. The van der Waals surface area contributed by atoms with Crippen LogP contribution >= 0.6 is 23.2 Å². The number of guanidine groups is 1. The van der Waals surface area contributed by atoms with Crippen LogP contribution in [0.3, 0.4) is 0 Å². The fourth-order valence-corrected chi connectivity index (χ4v) is 2.78. The zero-order chi connectivity index (χ0) is 19.6. The fourth-order valence-electron chi connectivity index (χ4n) is 2.52. The molecule has 3 rings (SSSR count). The molecular formula is C22H22Cl2N4. The molecule has 0 radical (unpaired) electrons. The molecule has 1 heterocycles. The summed E-state index contributed by atoms with van der Waals surface area (Å²) in [5.74, 6) is 0.704. The maximum atomic E-state index is 5.95. The Hall–Kier alpha value is -2.56. The number of rotatable bonds is 5. The van der Waals surface area contributed by atoms with Crippen LogP contribution in [-0.2, 0) is 0 Å². The highest BCUT2D eigenvalue weighted by Crippen LogP contribution is 2.12. The fraction of sp³-hybridized carbons (Fsp3) is 0.182. The molecule has 0 saturated carbocycles. The molecule has 1 aliphatic heterocycles. The molecule has 4 nitrogen and oxygen atoms in total. The normalized spacial score (nSPS) is 14.4. The van der Waals surface area contributed by atoms with E-state index in [1.807, 2.05) is 72.8 Å². The first kappa shape index (κ1) is 20.2. The molecule has 0 aromatic heterocycles. The SMILES string of the molecule is Clc1ccc(/C=C/C(/C=C/c2ccc(Cl)cc2)=NNC2=NCCCCN2)cc1. The summed E-state index contributed by atoms with van der Waals surface area (Å²) in [4.78, 5) is 4.46. The van der Waals surface area contributed by atoms with Gasteiger partial charge in [0.15, 0.2) is 0 Å². The molecule has 0 aliphatic carbocycles. The van der Waals surface area contributed by atoms with Gasteiger partial charge in [-0.25, -0.2) is 5.43 Å². The molecular weight excluding hydrogens is 391 g/mol. The minimum Gasteiger partial charge on any atom is -0.355 e. The van der Waals surface area contributed by atoms with E-state index in [1.54, 1.807) is 0 Å². The number of hydrogen-bond acceptors (Lipinski definition) is 4. The van der Waals surface area contributed by atoms with E-state index in [9.17, 15) is 0 Å². The van der Waals surface area contributed by atoms with Crippen LogP contribution in [0.2, 0.25) is 10.0 Å². The first-order chi connectivity index (χ1) is 13.7. The van der Waals surface area contributed by atoms with E-state index in [1.165, 1.54) is 0 Å². The number of nitrogens with zero attached hydrogens (tertiary/aromatic N) is 2. The van der Waals surface area contributed by atoms with Gasteiger partial charge in [-0.15, -0.1) is 0 Å².